The molecule has 130 valence electrons. The molecule has 0 aliphatic rings. The summed E-state index contributed by atoms with van der Waals surface area (Å²) in [6.45, 7) is 6.16. The largest absolute Gasteiger partial charge is 0.322 e. The quantitative estimate of drug-likeness (QED) is 0.380. The van der Waals surface area contributed by atoms with Crippen molar-refractivity contribution >= 4 is 5.78 Å². The van der Waals surface area contributed by atoms with Crippen molar-refractivity contribution in [1.29, 1.82) is 0 Å². The molecule has 23 heavy (non-hydrogen) atoms. The van der Waals surface area contributed by atoms with E-state index in [0.717, 1.165) is 24.0 Å². The number of hydrogen-bond acceptors (Lipinski definition) is 2. The molecule has 0 radical (unpaired) electrons. The van der Waals surface area contributed by atoms with Crippen molar-refractivity contribution in [3.05, 3.63) is 35.4 Å². The van der Waals surface area contributed by atoms with Crippen LogP contribution in [-0.4, -0.2) is 5.78 Å². The minimum absolute atomic E-state index is 0.238. The minimum Gasteiger partial charge on any atom is -0.322 e. The van der Waals surface area contributed by atoms with Gasteiger partial charge in [0, 0.05) is 17.5 Å². The van der Waals surface area contributed by atoms with Crippen LogP contribution in [0, 0.1) is 0 Å². The van der Waals surface area contributed by atoms with E-state index in [4.69, 9.17) is 5.73 Å². The molecular formula is C21H35NO. The van der Waals surface area contributed by atoms with Gasteiger partial charge in [0.05, 0.1) is 0 Å². The lowest BCUT2D eigenvalue weighted by molar-refractivity contribution is 0.0977. The van der Waals surface area contributed by atoms with Gasteiger partial charge in [-0.2, -0.15) is 0 Å². The van der Waals surface area contributed by atoms with Gasteiger partial charge < -0.3 is 5.73 Å². The van der Waals surface area contributed by atoms with Crippen LogP contribution in [0.15, 0.2) is 24.3 Å². The molecule has 2 N–H and O–H groups in total. The van der Waals surface area contributed by atoms with Gasteiger partial charge in [-0.1, -0.05) is 82.6 Å². The van der Waals surface area contributed by atoms with Gasteiger partial charge in [-0.15, -0.1) is 0 Å². The average Bonchev–Trinajstić information content (AvgIpc) is 2.52. The predicted octanol–water partition coefficient (Wildman–Crippen LogP) is 5.98. The second-order valence-corrected chi connectivity index (χ2v) is 7.27. The van der Waals surface area contributed by atoms with E-state index in [9.17, 15) is 4.79 Å². The van der Waals surface area contributed by atoms with Crippen molar-refractivity contribution in [3.63, 3.8) is 0 Å². The lowest BCUT2D eigenvalue weighted by atomic mass is 9.88. The normalized spacial score (nSPS) is 11.7. The first kappa shape index (κ1) is 19.9. The highest BCUT2D eigenvalue weighted by Crippen LogP contribution is 2.23. The van der Waals surface area contributed by atoms with E-state index in [1.165, 1.54) is 44.9 Å². The maximum atomic E-state index is 12.5. The third-order valence-corrected chi connectivity index (χ3v) is 4.43. The molecule has 1 rings (SSSR count). The van der Waals surface area contributed by atoms with E-state index < -0.39 is 5.54 Å². The smallest absolute Gasteiger partial charge is 0.163 e. The number of unbranched alkanes of at least 4 members (excludes halogenated alkanes) is 8. The molecule has 0 aliphatic carbocycles. The van der Waals surface area contributed by atoms with E-state index >= 15 is 0 Å². The van der Waals surface area contributed by atoms with Crippen LogP contribution < -0.4 is 5.73 Å². The Hall–Kier alpha value is -1.15. The highest BCUT2D eigenvalue weighted by Gasteiger charge is 2.20. The molecule has 0 atom stereocenters. The molecule has 1 aromatic carbocycles. The lowest BCUT2D eigenvalue weighted by Crippen LogP contribution is -2.30. The maximum Gasteiger partial charge on any atom is 0.163 e. The zero-order valence-electron chi connectivity index (χ0n) is 15.4. The van der Waals surface area contributed by atoms with Crippen LogP contribution in [0.1, 0.15) is 101 Å². The third kappa shape index (κ3) is 7.78. The van der Waals surface area contributed by atoms with Crippen molar-refractivity contribution in [1.82, 2.24) is 0 Å². The molecule has 0 bridgehead atoms. The van der Waals surface area contributed by atoms with Gasteiger partial charge in [0.15, 0.2) is 5.78 Å². The van der Waals surface area contributed by atoms with E-state index in [-0.39, 0.29) is 5.78 Å². The Labute approximate surface area is 142 Å². The fourth-order valence-corrected chi connectivity index (χ4v) is 3.02. The van der Waals surface area contributed by atoms with E-state index in [1.54, 1.807) is 0 Å². The number of ketones is 1. The fraction of sp³-hybridized carbons (Fsp3) is 0.667. The number of Topliss-reactive ketones (excluding diaryl/α,β-unsaturated/α-hetero) is 1. The van der Waals surface area contributed by atoms with Crippen molar-refractivity contribution in [3.8, 4) is 0 Å². The molecule has 2 nitrogen and oxygen atoms in total. The van der Waals surface area contributed by atoms with Gasteiger partial charge in [0.2, 0.25) is 0 Å². The Morgan fingerprint density at radius 3 is 2.00 bits per heavy atom. The SMILES string of the molecule is CCCCCCCCCCCC(=O)c1ccccc1C(C)(C)N. The first-order chi connectivity index (χ1) is 11.0. The van der Waals surface area contributed by atoms with Crippen LogP contribution in [0.2, 0.25) is 0 Å². The zero-order chi connectivity index (χ0) is 17.1. The Balaban J connectivity index is 2.28. The number of hydrogen-bond donors (Lipinski definition) is 1. The van der Waals surface area contributed by atoms with Gasteiger partial charge in [0.1, 0.15) is 0 Å². The summed E-state index contributed by atoms with van der Waals surface area (Å²) in [5, 5.41) is 0. The molecule has 0 fully saturated rings. The fourth-order valence-electron chi connectivity index (χ4n) is 3.02. The molecule has 0 heterocycles. The summed E-state index contributed by atoms with van der Waals surface area (Å²) in [5.74, 6) is 0.238. The Morgan fingerprint density at radius 1 is 0.913 bits per heavy atom. The lowest BCUT2D eigenvalue weighted by Gasteiger charge is -2.22. The first-order valence-corrected chi connectivity index (χ1v) is 9.38. The van der Waals surface area contributed by atoms with Gasteiger partial charge in [-0.25, -0.2) is 0 Å². The molecule has 0 aliphatic heterocycles. The van der Waals surface area contributed by atoms with Crippen molar-refractivity contribution in [2.75, 3.05) is 0 Å². The van der Waals surface area contributed by atoms with Crippen LogP contribution in [0.25, 0.3) is 0 Å². The molecular weight excluding hydrogens is 282 g/mol. The number of nitrogens with two attached hydrogens (primary N) is 1. The van der Waals surface area contributed by atoms with Crippen LogP contribution in [0.5, 0.6) is 0 Å². The van der Waals surface area contributed by atoms with E-state index in [2.05, 4.69) is 6.92 Å². The highest BCUT2D eigenvalue weighted by atomic mass is 16.1. The summed E-state index contributed by atoms with van der Waals surface area (Å²) in [6, 6.07) is 7.78. The molecule has 0 amide bonds. The summed E-state index contributed by atoms with van der Waals surface area (Å²) >= 11 is 0. The maximum absolute atomic E-state index is 12.5. The first-order valence-electron chi connectivity index (χ1n) is 9.38. The average molecular weight is 318 g/mol. The van der Waals surface area contributed by atoms with Crippen LogP contribution in [0.3, 0.4) is 0 Å². The molecule has 0 unspecified atom stereocenters. The Morgan fingerprint density at radius 2 is 1.43 bits per heavy atom. The van der Waals surface area contributed by atoms with Gasteiger partial charge in [-0.3, -0.25) is 4.79 Å². The van der Waals surface area contributed by atoms with E-state index in [1.807, 2.05) is 38.1 Å². The number of carbonyl (C=O) groups excluding carboxylic acids is 1. The Kier molecular flexibility index (Phi) is 9.16. The zero-order valence-corrected chi connectivity index (χ0v) is 15.4. The van der Waals surface area contributed by atoms with Crippen molar-refractivity contribution in [2.24, 2.45) is 5.73 Å². The summed E-state index contributed by atoms with van der Waals surface area (Å²) < 4.78 is 0. The molecule has 0 saturated carbocycles. The van der Waals surface area contributed by atoms with Gasteiger partial charge in [0.25, 0.3) is 0 Å². The van der Waals surface area contributed by atoms with Gasteiger partial charge in [-0.05, 0) is 25.8 Å². The third-order valence-electron chi connectivity index (χ3n) is 4.43. The second kappa shape index (κ2) is 10.6. The number of carbonyl (C=O) groups is 1. The van der Waals surface area contributed by atoms with Crippen LogP contribution in [0.4, 0.5) is 0 Å². The number of benzene rings is 1. The minimum atomic E-state index is -0.468. The summed E-state index contributed by atoms with van der Waals surface area (Å²) in [4.78, 5) is 12.5. The molecule has 1 aromatic rings. The molecule has 0 spiro atoms. The summed E-state index contributed by atoms with van der Waals surface area (Å²) in [7, 11) is 0. The number of rotatable bonds is 12. The molecule has 0 saturated heterocycles. The summed E-state index contributed by atoms with van der Waals surface area (Å²) in [5.41, 5.74) is 7.48. The topological polar surface area (TPSA) is 43.1 Å². The molecule has 2 heteroatoms. The summed E-state index contributed by atoms with van der Waals surface area (Å²) in [6.07, 6.45) is 12.1. The van der Waals surface area contributed by atoms with Crippen molar-refractivity contribution in [2.45, 2.75) is 90.5 Å². The molecule has 0 aromatic heterocycles. The standard InChI is InChI=1S/C21H35NO/c1-4-5-6-7-8-9-10-11-12-17-20(23)18-15-13-14-16-19(18)21(2,3)22/h13-16H,4-12,17,22H2,1-3H3. The highest BCUT2D eigenvalue weighted by molar-refractivity contribution is 5.97. The predicted molar refractivity (Wildman–Crippen MR) is 99.8 cm³/mol. The van der Waals surface area contributed by atoms with Gasteiger partial charge >= 0.3 is 0 Å². The van der Waals surface area contributed by atoms with E-state index in [0.29, 0.717) is 6.42 Å². The Bertz CT molecular complexity index is 459. The second-order valence-electron chi connectivity index (χ2n) is 7.27. The van der Waals surface area contributed by atoms with Crippen LogP contribution in [-0.2, 0) is 5.54 Å². The van der Waals surface area contributed by atoms with Crippen LogP contribution >= 0.6 is 0 Å². The monoisotopic (exact) mass is 317 g/mol. The van der Waals surface area contributed by atoms with Crippen molar-refractivity contribution < 1.29 is 4.79 Å².